The fourth-order valence-corrected chi connectivity index (χ4v) is 12.6. The van der Waals surface area contributed by atoms with Crippen LogP contribution in [0.1, 0.15) is 105 Å². The molecule has 3 nitrogen and oxygen atoms in total. The maximum Gasteiger partial charge on any atom is 0.253 e. The molecule has 0 saturated heterocycles. The van der Waals surface area contributed by atoms with Gasteiger partial charge in [0.25, 0.3) is 6.71 Å². The van der Waals surface area contributed by atoms with E-state index in [4.69, 9.17) is 0 Å². The quantitative estimate of drug-likeness (QED) is 0.163. The Bertz CT molecular complexity index is 3910. The highest BCUT2D eigenvalue weighted by Gasteiger charge is 2.46. The van der Waals surface area contributed by atoms with Crippen LogP contribution in [0.5, 0.6) is 0 Å². The Morgan fingerprint density at radius 3 is 1.21 bits per heavy atom. The predicted octanol–water partition coefficient (Wildman–Crippen LogP) is 18.0. The number of aromatic nitrogens is 1. The third-order valence-electron chi connectivity index (χ3n) is 16.7. The van der Waals surface area contributed by atoms with Gasteiger partial charge in [0.15, 0.2) is 0 Å². The molecule has 0 N–H and O–H groups in total. The van der Waals surface area contributed by atoms with Crippen LogP contribution in [0.4, 0.5) is 34.1 Å². The maximum atomic E-state index is 2.67. The molecular weight excluding hydrogens is 918 g/mol. The first-order valence-corrected chi connectivity index (χ1v) is 27.5. The molecule has 0 bridgehead atoms. The second-order valence-corrected chi connectivity index (χ2v) is 25.9. The van der Waals surface area contributed by atoms with E-state index in [-0.39, 0.29) is 28.4 Å². The van der Waals surface area contributed by atoms with Crippen LogP contribution in [-0.4, -0.2) is 11.3 Å². The largest absolute Gasteiger partial charge is 0.311 e. The summed E-state index contributed by atoms with van der Waals surface area (Å²) >= 11 is 0. The van der Waals surface area contributed by atoms with Gasteiger partial charge in [0.2, 0.25) is 0 Å². The summed E-state index contributed by atoms with van der Waals surface area (Å²) in [5.41, 5.74) is 22.1. The minimum atomic E-state index is -0.0953. The zero-order chi connectivity index (χ0) is 52.8. The molecule has 1 aromatic heterocycles. The van der Waals surface area contributed by atoms with Crippen molar-refractivity contribution < 1.29 is 0 Å². The van der Waals surface area contributed by atoms with Gasteiger partial charge in [0.05, 0.1) is 11.0 Å². The van der Waals surface area contributed by atoms with E-state index in [2.05, 4.69) is 292 Å². The molecule has 0 atom stereocenters. The Balaban J connectivity index is 1.24. The van der Waals surface area contributed by atoms with Gasteiger partial charge in [-0.2, -0.15) is 0 Å². The number of hydrogen-bond donors (Lipinski definition) is 0. The zero-order valence-corrected chi connectivity index (χ0v) is 46.4. The molecule has 2 aliphatic heterocycles. The van der Waals surface area contributed by atoms with Gasteiger partial charge in [0.1, 0.15) is 0 Å². The third-order valence-corrected chi connectivity index (χ3v) is 16.7. The van der Waals surface area contributed by atoms with Crippen molar-refractivity contribution in [2.75, 3.05) is 9.80 Å². The highest BCUT2D eigenvalue weighted by molar-refractivity contribution is 7.03. The lowest BCUT2D eigenvalue weighted by Crippen LogP contribution is -2.61. The standard InChI is InChI=1S/C72H68BN3/c1-69(2,3)48-39-49(70(4,5)6)42-53(41-48)75-61-35-33-45-23-16-18-27-56(45)66(61)73-67-57-28-19-17-24-46(57)34-36-62(67)76(54-43-50(71(7,8)9)40-51(44-54)72(10,11)12)64-38-47(37-63(75)68(64)73)55-30-22-32-60-65(55)58-29-20-21-31-59(58)74(60)52-25-14-13-15-26-52/h13-44H,1-12H3. The van der Waals surface area contributed by atoms with Crippen molar-refractivity contribution in [2.24, 2.45) is 0 Å². The Kier molecular flexibility index (Phi) is 10.6. The van der Waals surface area contributed by atoms with E-state index in [1.54, 1.807) is 0 Å². The Labute approximate surface area is 450 Å². The van der Waals surface area contributed by atoms with Gasteiger partial charge >= 0.3 is 0 Å². The SMILES string of the molecule is CC(C)(C)c1cc(N2c3cc(-c4cccc5c4c4ccccc4n5-c4ccccc4)cc4c3B(c3c2ccc2ccccc32)c2c(ccc3ccccc23)N4c2cc(C(C)(C)C)cc(C(C)(C)C)c2)cc(C(C)(C)C)c1. The molecule has 2 aliphatic rings. The fourth-order valence-electron chi connectivity index (χ4n) is 12.6. The van der Waals surface area contributed by atoms with Crippen LogP contribution in [0.3, 0.4) is 0 Å². The summed E-state index contributed by atoms with van der Waals surface area (Å²) in [7, 11) is 0. The molecular formula is C72H68BN3. The highest BCUT2D eigenvalue weighted by atomic mass is 15.2. The van der Waals surface area contributed by atoms with Gasteiger partial charge in [-0.05, 0) is 166 Å². The van der Waals surface area contributed by atoms with E-state index in [0.29, 0.717) is 0 Å². The Morgan fingerprint density at radius 1 is 0.316 bits per heavy atom. The topological polar surface area (TPSA) is 11.4 Å². The second kappa shape index (κ2) is 16.8. The van der Waals surface area contributed by atoms with Crippen molar-refractivity contribution >= 4 is 101 Å². The first-order valence-electron chi connectivity index (χ1n) is 27.5. The van der Waals surface area contributed by atoms with Gasteiger partial charge in [-0.25, -0.2) is 0 Å². The molecule has 0 saturated carbocycles. The van der Waals surface area contributed by atoms with Crippen molar-refractivity contribution in [1.82, 2.24) is 4.57 Å². The molecule has 0 unspecified atom stereocenters. The lowest BCUT2D eigenvalue weighted by molar-refractivity contribution is 0.568. The van der Waals surface area contributed by atoms with Gasteiger partial charge < -0.3 is 14.4 Å². The van der Waals surface area contributed by atoms with Crippen LogP contribution >= 0.6 is 0 Å². The smallest absolute Gasteiger partial charge is 0.253 e. The Morgan fingerprint density at radius 2 is 0.737 bits per heavy atom. The van der Waals surface area contributed by atoms with E-state index in [0.717, 1.165) is 5.69 Å². The van der Waals surface area contributed by atoms with Crippen molar-refractivity contribution in [3.8, 4) is 16.8 Å². The van der Waals surface area contributed by atoms with Crippen molar-refractivity contribution in [3.63, 3.8) is 0 Å². The molecule has 0 radical (unpaired) electrons. The lowest BCUT2D eigenvalue weighted by Gasteiger charge is -2.46. The molecule has 0 aliphatic carbocycles. The molecule has 0 fully saturated rings. The predicted molar refractivity (Wildman–Crippen MR) is 330 cm³/mol. The lowest BCUT2D eigenvalue weighted by atomic mass is 9.32. The number of fused-ring (bicyclic) bond motifs is 11. The van der Waals surface area contributed by atoms with Crippen LogP contribution < -0.4 is 26.2 Å². The normalized spacial score (nSPS) is 13.7. The monoisotopic (exact) mass is 986 g/mol. The van der Waals surface area contributed by atoms with E-state index >= 15 is 0 Å². The molecule has 4 heteroatoms. The second-order valence-electron chi connectivity index (χ2n) is 25.9. The van der Waals surface area contributed by atoms with Gasteiger partial charge in [0, 0.05) is 50.6 Å². The summed E-state index contributed by atoms with van der Waals surface area (Å²) < 4.78 is 2.45. The number of benzene rings is 10. The Hall–Kier alpha value is -7.82. The van der Waals surface area contributed by atoms with E-state index in [1.807, 2.05) is 0 Å². The molecule has 3 heterocycles. The number of rotatable bonds is 4. The zero-order valence-electron chi connectivity index (χ0n) is 46.4. The first kappa shape index (κ1) is 47.9. The molecule has 0 spiro atoms. The number of para-hydroxylation sites is 2. The molecule has 13 rings (SSSR count). The summed E-state index contributed by atoms with van der Waals surface area (Å²) in [6.07, 6.45) is 0. The summed E-state index contributed by atoms with van der Waals surface area (Å²) in [6, 6.07) is 74.6. The maximum absolute atomic E-state index is 2.67. The number of hydrogen-bond acceptors (Lipinski definition) is 2. The first-order chi connectivity index (χ1) is 36.2. The third kappa shape index (κ3) is 7.54. The summed E-state index contributed by atoms with van der Waals surface area (Å²) in [4.78, 5) is 5.33. The van der Waals surface area contributed by atoms with Crippen LogP contribution in [0.15, 0.2) is 194 Å². The van der Waals surface area contributed by atoms with Crippen molar-refractivity contribution in [3.05, 3.63) is 216 Å². The van der Waals surface area contributed by atoms with Crippen LogP contribution in [-0.2, 0) is 21.7 Å². The number of nitrogens with zero attached hydrogens (tertiary/aromatic N) is 3. The molecule has 11 aromatic rings. The van der Waals surface area contributed by atoms with E-state index in [1.165, 1.54) is 127 Å². The molecule has 374 valence electrons. The summed E-state index contributed by atoms with van der Waals surface area (Å²) in [6.45, 7) is 28.2. The minimum Gasteiger partial charge on any atom is -0.311 e. The molecule has 76 heavy (non-hydrogen) atoms. The van der Waals surface area contributed by atoms with E-state index in [9.17, 15) is 0 Å². The number of anilines is 6. The van der Waals surface area contributed by atoms with Crippen molar-refractivity contribution in [2.45, 2.75) is 105 Å². The molecule has 10 aromatic carbocycles. The summed E-state index contributed by atoms with van der Waals surface area (Å²) in [5, 5.41) is 7.57. The minimum absolute atomic E-state index is 0.0923. The fraction of sp³-hybridized carbons (Fsp3) is 0.222. The van der Waals surface area contributed by atoms with Crippen LogP contribution in [0, 0.1) is 0 Å². The van der Waals surface area contributed by atoms with E-state index < -0.39 is 0 Å². The highest BCUT2D eigenvalue weighted by Crippen LogP contribution is 2.51. The summed E-state index contributed by atoms with van der Waals surface area (Å²) in [5.74, 6) is 0. The van der Waals surface area contributed by atoms with Crippen molar-refractivity contribution in [1.29, 1.82) is 0 Å². The van der Waals surface area contributed by atoms with Gasteiger partial charge in [-0.1, -0.05) is 204 Å². The van der Waals surface area contributed by atoms with Gasteiger partial charge in [-0.15, -0.1) is 0 Å². The van der Waals surface area contributed by atoms with Crippen LogP contribution in [0.2, 0.25) is 0 Å². The molecule has 0 amide bonds. The average Bonchev–Trinajstić information content (AvgIpc) is 3.77. The van der Waals surface area contributed by atoms with Crippen LogP contribution in [0.25, 0.3) is 60.2 Å². The average molecular weight is 986 g/mol. The van der Waals surface area contributed by atoms with Gasteiger partial charge in [-0.3, -0.25) is 0 Å².